The van der Waals surface area contributed by atoms with Crippen LogP contribution >= 0.6 is 0 Å². The lowest BCUT2D eigenvalue weighted by Gasteiger charge is -2.17. The number of benzene rings is 1. The third-order valence-corrected chi connectivity index (χ3v) is 2.64. The Labute approximate surface area is 108 Å². The van der Waals surface area contributed by atoms with Gasteiger partial charge >= 0.3 is 0 Å². The minimum absolute atomic E-state index is 0.0386. The lowest BCUT2D eigenvalue weighted by molar-refractivity contribution is 0.306. The zero-order chi connectivity index (χ0) is 13.4. The van der Waals surface area contributed by atoms with Crippen LogP contribution < -0.4 is 10.1 Å². The maximum absolute atomic E-state index is 13.3. The Bertz CT molecular complexity index is 415. The highest BCUT2D eigenvalue weighted by Crippen LogP contribution is 2.26. The maximum Gasteiger partial charge on any atom is 0.124 e. The summed E-state index contributed by atoms with van der Waals surface area (Å²) in [6, 6.07) is 6.63. The normalized spacial score (nSPS) is 11.9. The van der Waals surface area contributed by atoms with Crippen LogP contribution in [0.5, 0.6) is 5.75 Å². The van der Waals surface area contributed by atoms with Crippen LogP contribution in [0.4, 0.5) is 4.39 Å². The Morgan fingerprint density at radius 2 is 2.28 bits per heavy atom. The van der Waals surface area contributed by atoms with Gasteiger partial charge < -0.3 is 10.1 Å². The van der Waals surface area contributed by atoms with E-state index in [2.05, 4.69) is 11.4 Å². The molecule has 1 rings (SSSR count). The molecule has 1 aromatic rings. The Morgan fingerprint density at radius 1 is 1.50 bits per heavy atom. The van der Waals surface area contributed by atoms with Gasteiger partial charge in [-0.25, -0.2) is 4.39 Å². The van der Waals surface area contributed by atoms with E-state index in [4.69, 9.17) is 10.00 Å². The molecular weight excluding hydrogens is 231 g/mol. The number of ether oxygens (including phenoxy) is 1. The molecule has 1 atom stereocenters. The molecule has 1 unspecified atom stereocenters. The second-order valence-electron chi connectivity index (χ2n) is 4.07. The molecule has 3 nitrogen and oxygen atoms in total. The van der Waals surface area contributed by atoms with Gasteiger partial charge in [0.2, 0.25) is 0 Å². The van der Waals surface area contributed by atoms with Crippen molar-refractivity contribution >= 4 is 0 Å². The number of rotatable bonds is 7. The molecule has 0 heterocycles. The highest BCUT2D eigenvalue weighted by Gasteiger charge is 2.12. The second kappa shape index (κ2) is 7.67. The summed E-state index contributed by atoms with van der Waals surface area (Å²) in [5, 5.41) is 11.7. The van der Waals surface area contributed by atoms with Crippen molar-refractivity contribution in [1.29, 1.82) is 5.26 Å². The molecule has 98 valence electrons. The van der Waals surface area contributed by atoms with Gasteiger partial charge in [-0.15, -0.1) is 0 Å². The van der Waals surface area contributed by atoms with Crippen LogP contribution in [0.25, 0.3) is 0 Å². The number of nitrogens with one attached hydrogen (secondary N) is 1. The van der Waals surface area contributed by atoms with Crippen molar-refractivity contribution in [1.82, 2.24) is 5.32 Å². The number of unbranched alkanes of at least 4 members (excludes halogenated alkanes) is 1. The van der Waals surface area contributed by atoms with Crippen LogP contribution in [-0.2, 0) is 0 Å². The summed E-state index contributed by atoms with van der Waals surface area (Å²) >= 11 is 0. The van der Waals surface area contributed by atoms with Gasteiger partial charge in [0.05, 0.1) is 12.7 Å². The third kappa shape index (κ3) is 4.34. The van der Waals surface area contributed by atoms with Gasteiger partial charge in [-0.3, -0.25) is 0 Å². The molecule has 0 saturated carbocycles. The van der Waals surface area contributed by atoms with Crippen molar-refractivity contribution < 1.29 is 9.13 Å². The summed E-state index contributed by atoms with van der Waals surface area (Å²) in [6.45, 7) is 5.26. The van der Waals surface area contributed by atoms with Crippen molar-refractivity contribution in [3.05, 3.63) is 29.6 Å². The minimum Gasteiger partial charge on any atom is -0.493 e. The van der Waals surface area contributed by atoms with Crippen LogP contribution in [0.1, 0.15) is 38.3 Å². The molecule has 1 aromatic carbocycles. The molecule has 0 amide bonds. The fourth-order valence-corrected chi connectivity index (χ4v) is 1.74. The first-order valence-electron chi connectivity index (χ1n) is 6.21. The van der Waals surface area contributed by atoms with E-state index >= 15 is 0 Å². The summed E-state index contributed by atoms with van der Waals surface area (Å²) in [6.07, 6.45) is 1.15. The van der Waals surface area contributed by atoms with Crippen LogP contribution in [-0.4, -0.2) is 13.2 Å². The van der Waals surface area contributed by atoms with E-state index in [1.165, 1.54) is 12.1 Å². The van der Waals surface area contributed by atoms with Gasteiger partial charge in [0.1, 0.15) is 11.6 Å². The number of nitrogens with zero attached hydrogens (tertiary/aromatic N) is 1. The summed E-state index contributed by atoms with van der Waals surface area (Å²) in [5.41, 5.74) is 0.814. The van der Waals surface area contributed by atoms with Gasteiger partial charge in [0, 0.05) is 18.0 Å². The number of hydrogen-bond acceptors (Lipinski definition) is 3. The van der Waals surface area contributed by atoms with Crippen LogP contribution in [0, 0.1) is 17.1 Å². The highest BCUT2D eigenvalue weighted by atomic mass is 19.1. The fraction of sp³-hybridized carbons (Fsp3) is 0.500. The molecule has 0 aliphatic carbocycles. The summed E-state index contributed by atoms with van der Waals surface area (Å²) in [7, 11) is 0. The quantitative estimate of drug-likeness (QED) is 0.756. The van der Waals surface area contributed by atoms with E-state index < -0.39 is 0 Å². The summed E-state index contributed by atoms with van der Waals surface area (Å²) in [5.74, 6) is 0.418. The van der Waals surface area contributed by atoms with E-state index in [-0.39, 0.29) is 11.9 Å². The van der Waals surface area contributed by atoms with E-state index in [0.717, 1.165) is 12.1 Å². The molecule has 0 saturated heterocycles. The molecule has 0 aromatic heterocycles. The number of nitriles is 1. The van der Waals surface area contributed by atoms with Gasteiger partial charge in [-0.1, -0.05) is 6.92 Å². The first-order valence-corrected chi connectivity index (χ1v) is 6.21. The molecule has 0 spiro atoms. The smallest absolute Gasteiger partial charge is 0.124 e. The first-order chi connectivity index (χ1) is 8.69. The van der Waals surface area contributed by atoms with E-state index in [1.54, 1.807) is 6.07 Å². The predicted octanol–water partition coefficient (Wildman–Crippen LogP) is 3.18. The lowest BCUT2D eigenvalue weighted by Crippen LogP contribution is -2.18. The second-order valence-corrected chi connectivity index (χ2v) is 4.07. The molecule has 0 aliphatic rings. The third-order valence-electron chi connectivity index (χ3n) is 2.64. The van der Waals surface area contributed by atoms with E-state index in [0.29, 0.717) is 25.2 Å². The standard InChI is InChI=1S/C14H19FN2O/c1-3-17-11(2)13-10-12(15)6-7-14(13)18-9-5-4-8-16/h6-7,10-11,17H,3-5,9H2,1-2H3. The molecule has 0 radical (unpaired) electrons. The number of hydrogen-bond donors (Lipinski definition) is 1. The molecule has 18 heavy (non-hydrogen) atoms. The Balaban J connectivity index is 2.73. The fourth-order valence-electron chi connectivity index (χ4n) is 1.74. The Hall–Kier alpha value is -1.60. The van der Waals surface area contributed by atoms with E-state index in [1.807, 2.05) is 13.8 Å². The Morgan fingerprint density at radius 3 is 2.94 bits per heavy atom. The van der Waals surface area contributed by atoms with Gasteiger partial charge in [0.25, 0.3) is 0 Å². The Kier molecular flexibility index (Phi) is 6.16. The van der Waals surface area contributed by atoms with Gasteiger partial charge in [-0.2, -0.15) is 5.26 Å². The predicted molar refractivity (Wildman–Crippen MR) is 68.8 cm³/mol. The molecule has 0 fully saturated rings. The van der Waals surface area contributed by atoms with Crippen LogP contribution in [0.3, 0.4) is 0 Å². The average molecular weight is 250 g/mol. The van der Waals surface area contributed by atoms with Crippen LogP contribution in [0.15, 0.2) is 18.2 Å². The molecule has 1 N–H and O–H groups in total. The zero-order valence-corrected chi connectivity index (χ0v) is 10.9. The van der Waals surface area contributed by atoms with Crippen molar-refractivity contribution in [3.63, 3.8) is 0 Å². The summed E-state index contributed by atoms with van der Waals surface area (Å²) < 4.78 is 18.9. The molecule has 0 bridgehead atoms. The van der Waals surface area contributed by atoms with Gasteiger partial charge in [-0.05, 0) is 38.1 Å². The van der Waals surface area contributed by atoms with Crippen molar-refractivity contribution in [3.8, 4) is 11.8 Å². The topological polar surface area (TPSA) is 45.0 Å². The SMILES string of the molecule is CCNC(C)c1cc(F)ccc1OCCCC#N. The number of halogens is 1. The minimum atomic E-state index is -0.265. The monoisotopic (exact) mass is 250 g/mol. The van der Waals surface area contributed by atoms with Crippen molar-refractivity contribution in [2.75, 3.05) is 13.2 Å². The van der Waals surface area contributed by atoms with Crippen molar-refractivity contribution in [2.45, 2.75) is 32.7 Å². The molecule has 4 heteroatoms. The van der Waals surface area contributed by atoms with E-state index in [9.17, 15) is 4.39 Å². The van der Waals surface area contributed by atoms with Gasteiger partial charge in [0.15, 0.2) is 0 Å². The molecular formula is C14H19FN2O. The summed E-state index contributed by atoms with van der Waals surface area (Å²) in [4.78, 5) is 0. The largest absolute Gasteiger partial charge is 0.493 e. The zero-order valence-electron chi connectivity index (χ0n) is 10.9. The lowest BCUT2D eigenvalue weighted by atomic mass is 10.1. The first kappa shape index (κ1) is 14.5. The molecule has 0 aliphatic heterocycles. The van der Waals surface area contributed by atoms with Crippen molar-refractivity contribution in [2.24, 2.45) is 0 Å². The average Bonchev–Trinajstić information content (AvgIpc) is 2.36. The highest BCUT2D eigenvalue weighted by molar-refractivity contribution is 5.36. The maximum atomic E-state index is 13.3. The van der Waals surface area contributed by atoms with Crippen LogP contribution in [0.2, 0.25) is 0 Å².